The van der Waals surface area contributed by atoms with Crippen LogP contribution in [-0.2, 0) is 4.74 Å². The monoisotopic (exact) mass is 172 g/mol. The number of azide groups is 1. The van der Waals surface area contributed by atoms with Crippen LogP contribution in [0.2, 0.25) is 0 Å². The quantitative estimate of drug-likeness (QED) is 0.395. The second kappa shape index (κ2) is 4.98. The Morgan fingerprint density at radius 3 is 2.58 bits per heavy atom. The normalized spacial score (nSPS) is 13.7. The maximum Gasteiger partial charge on any atom is 0.0625 e. The van der Waals surface area contributed by atoms with Crippen molar-refractivity contribution in [3.8, 4) is 0 Å². The summed E-state index contributed by atoms with van der Waals surface area (Å²) in [4.78, 5) is 2.61. The first-order valence-corrected chi connectivity index (χ1v) is 3.86. The Labute approximate surface area is 72.5 Å². The minimum atomic E-state index is -0.208. The van der Waals surface area contributed by atoms with Crippen LogP contribution in [0.25, 0.3) is 10.4 Å². The van der Waals surface area contributed by atoms with Crippen molar-refractivity contribution in [1.29, 1.82) is 0 Å². The van der Waals surface area contributed by atoms with Gasteiger partial charge in [-0.1, -0.05) is 5.11 Å². The smallest absolute Gasteiger partial charge is 0.0625 e. The van der Waals surface area contributed by atoms with Crippen molar-refractivity contribution < 1.29 is 4.74 Å². The van der Waals surface area contributed by atoms with E-state index in [-0.39, 0.29) is 18.2 Å². The highest BCUT2D eigenvalue weighted by Gasteiger charge is 2.11. The lowest BCUT2D eigenvalue weighted by atomic mass is 10.2. The van der Waals surface area contributed by atoms with E-state index >= 15 is 0 Å². The predicted molar refractivity (Wildman–Crippen MR) is 47.7 cm³/mol. The summed E-state index contributed by atoms with van der Waals surface area (Å²) >= 11 is 0. The van der Waals surface area contributed by atoms with Crippen LogP contribution in [0.1, 0.15) is 20.8 Å². The Hall–Kier alpha value is -0.770. The largest absolute Gasteiger partial charge is 0.374 e. The van der Waals surface area contributed by atoms with Gasteiger partial charge >= 0.3 is 0 Å². The minimum absolute atomic E-state index is 0.187. The molecular weight excluding hydrogens is 156 g/mol. The van der Waals surface area contributed by atoms with Crippen LogP contribution < -0.4 is 5.73 Å². The number of rotatable bonds is 4. The molecule has 1 atom stereocenters. The zero-order valence-corrected chi connectivity index (χ0v) is 7.82. The Morgan fingerprint density at radius 1 is 1.58 bits per heavy atom. The molecule has 0 aliphatic rings. The van der Waals surface area contributed by atoms with E-state index in [1.807, 2.05) is 20.8 Å². The van der Waals surface area contributed by atoms with E-state index in [1.54, 1.807) is 0 Å². The molecule has 0 aromatic rings. The van der Waals surface area contributed by atoms with Gasteiger partial charge < -0.3 is 10.5 Å². The van der Waals surface area contributed by atoms with Crippen LogP contribution in [0.15, 0.2) is 5.11 Å². The van der Waals surface area contributed by atoms with E-state index in [4.69, 9.17) is 16.0 Å². The zero-order chi connectivity index (χ0) is 9.61. The van der Waals surface area contributed by atoms with Gasteiger partial charge in [-0.2, -0.15) is 0 Å². The van der Waals surface area contributed by atoms with Crippen LogP contribution in [0, 0.1) is 0 Å². The summed E-state index contributed by atoms with van der Waals surface area (Å²) in [6, 6.07) is -0.208. The Bertz CT molecular complexity index is 169. The molecule has 5 heteroatoms. The fourth-order valence-electron chi connectivity index (χ4n) is 0.551. The molecule has 0 bridgehead atoms. The van der Waals surface area contributed by atoms with Crippen LogP contribution in [-0.4, -0.2) is 24.8 Å². The van der Waals surface area contributed by atoms with Crippen LogP contribution in [0.3, 0.4) is 0 Å². The molecule has 70 valence electrons. The number of hydrogen-bond donors (Lipinski definition) is 1. The molecule has 0 radical (unpaired) electrons. The van der Waals surface area contributed by atoms with Gasteiger partial charge in [0.1, 0.15) is 0 Å². The van der Waals surface area contributed by atoms with Crippen molar-refractivity contribution in [2.75, 3.05) is 13.2 Å². The van der Waals surface area contributed by atoms with Crippen molar-refractivity contribution >= 4 is 0 Å². The fraction of sp³-hybridized carbons (Fsp3) is 1.00. The standard InChI is InChI=1S/C7H16N4O/c1-7(2,3)12-5-6(8)4-10-11-9/h6H,4-5,8H2,1-3H3/t6-/m1/s1. The van der Waals surface area contributed by atoms with E-state index < -0.39 is 0 Å². The first-order valence-electron chi connectivity index (χ1n) is 3.86. The molecule has 0 unspecified atom stereocenters. The highest BCUT2D eigenvalue weighted by molar-refractivity contribution is 4.67. The molecule has 5 nitrogen and oxygen atoms in total. The van der Waals surface area contributed by atoms with Crippen LogP contribution >= 0.6 is 0 Å². The SMILES string of the molecule is CC(C)(C)OC[C@H](N)CN=[N+]=[N-]. The molecule has 0 aliphatic carbocycles. The molecule has 0 heterocycles. The number of nitrogens with two attached hydrogens (primary N) is 1. The van der Waals surface area contributed by atoms with E-state index in [0.717, 1.165) is 0 Å². The Morgan fingerprint density at radius 2 is 2.17 bits per heavy atom. The van der Waals surface area contributed by atoms with Gasteiger partial charge in [-0.05, 0) is 26.3 Å². The van der Waals surface area contributed by atoms with Crippen LogP contribution in [0.5, 0.6) is 0 Å². The molecule has 0 fully saturated rings. The summed E-state index contributed by atoms with van der Waals surface area (Å²) in [6.07, 6.45) is 0. The molecule has 2 N–H and O–H groups in total. The maximum absolute atomic E-state index is 8.01. The molecule has 0 saturated heterocycles. The van der Waals surface area contributed by atoms with Crippen LogP contribution in [0.4, 0.5) is 0 Å². The molecule has 0 aliphatic heterocycles. The minimum Gasteiger partial charge on any atom is -0.374 e. The molecular formula is C7H16N4O. The van der Waals surface area contributed by atoms with Gasteiger partial charge in [0, 0.05) is 17.5 Å². The van der Waals surface area contributed by atoms with Crippen molar-refractivity contribution in [3.05, 3.63) is 10.4 Å². The van der Waals surface area contributed by atoms with Crippen molar-refractivity contribution in [3.63, 3.8) is 0 Å². The summed E-state index contributed by atoms with van der Waals surface area (Å²) in [7, 11) is 0. The third-order valence-corrected chi connectivity index (χ3v) is 1.11. The predicted octanol–water partition coefficient (Wildman–Crippen LogP) is 1.44. The molecule has 0 saturated carbocycles. The first kappa shape index (κ1) is 11.2. The van der Waals surface area contributed by atoms with Gasteiger partial charge in [-0.15, -0.1) is 0 Å². The number of hydrogen-bond acceptors (Lipinski definition) is 3. The molecule has 0 rings (SSSR count). The zero-order valence-electron chi connectivity index (χ0n) is 7.82. The summed E-state index contributed by atoms with van der Waals surface area (Å²) in [5.41, 5.74) is 13.4. The van der Waals surface area contributed by atoms with Gasteiger partial charge in [-0.3, -0.25) is 0 Å². The summed E-state index contributed by atoms with van der Waals surface area (Å²) in [5, 5.41) is 3.35. The van der Waals surface area contributed by atoms with E-state index in [1.165, 1.54) is 0 Å². The molecule has 0 amide bonds. The lowest BCUT2D eigenvalue weighted by Gasteiger charge is -2.21. The third-order valence-electron chi connectivity index (χ3n) is 1.11. The van der Waals surface area contributed by atoms with Gasteiger partial charge in [0.05, 0.1) is 12.2 Å². The van der Waals surface area contributed by atoms with E-state index in [0.29, 0.717) is 6.61 Å². The summed E-state index contributed by atoms with van der Waals surface area (Å²) in [5.74, 6) is 0. The van der Waals surface area contributed by atoms with Gasteiger partial charge in [0.15, 0.2) is 0 Å². The van der Waals surface area contributed by atoms with Crippen molar-refractivity contribution in [1.82, 2.24) is 0 Å². The highest BCUT2D eigenvalue weighted by Crippen LogP contribution is 2.06. The highest BCUT2D eigenvalue weighted by atomic mass is 16.5. The lowest BCUT2D eigenvalue weighted by molar-refractivity contribution is -0.00889. The topological polar surface area (TPSA) is 84.0 Å². The average molecular weight is 172 g/mol. The van der Waals surface area contributed by atoms with Gasteiger partial charge in [0.2, 0.25) is 0 Å². The second-order valence-electron chi connectivity index (χ2n) is 3.60. The Balaban J connectivity index is 3.57. The molecule has 12 heavy (non-hydrogen) atoms. The maximum atomic E-state index is 8.01. The summed E-state index contributed by atoms with van der Waals surface area (Å²) in [6.45, 7) is 6.56. The van der Waals surface area contributed by atoms with Crippen molar-refractivity contribution in [2.45, 2.75) is 32.4 Å². The molecule has 0 spiro atoms. The number of ether oxygens (including phenoxy) is 1. The van der Waals surface area contributed by atoms with E-state index in [2.05, 4.69) is 10.0 Å². The van der Waals surface area contributed by atoms with Crippen molar-refractivity contribution in [2.24, 2.45) is 10.8 Å². The summed E-state index contributed by atoms with van der Waals surface area (Å²) < 4.78 is 5.38. The first-order chi connectivity index (χ1) is 5.45. The van der Waals surface area contributed by atoms with Gasteiger partial charge in [0.25, 0.3) is 0 Å². The fourth-order valence-corrected chi connectivity index (χ4v) is 0.551. The van der Waals surface area contributed by atoms with Gasteiger partial charge in [-0.25, -0.2) is 0 Å². The molecule has 0 aromatic carbocycles. The second-order valence-corrected chi connectivity index (χ2v) is 3.60. The average Bonchev–Trinajstić information content (AvgIpc) is 1.95. The van der Waals surface area contributed by atoms with E-state index in [9.17, 15) is 0 Å². The Kier molecular flexibility index (Phi) is 4.66. The number of nitrogens with zero attached hydrogens (tertiary/aromatic N) is 3. The third kappa shape index (κ3) is 7.34. The molecule has 0 aromatic heterocycles. The lowest BCUT2D eigenvalue weighted by Crippen LogP contribution is -2.33.